The van der Waals surface area contributed by atoms with E-state index in [-0.39, 0.29) is 11.7 Å². The van der Waals surface area contributed by atoms with Gasteiger partial charge >= 0.3 is 0 Å². The van der Waals surface area contributed by atoms with E-state index in [0.29, 0.717) is 57.1 Å². The molecule has 5 rings (SSSR count). The molecule has 3 N–H and O–H groups in total. The Morgan fingerprint density at radius 1 is 0.947 bits per heavy atom. The van der Waals surface area contributed by atoms with E-state index >= 15 is 0 Å². The molecule has 1 aliphatic heterocycles. The van der Waals surface area contributed by atoms with Gasteiger partial charge in [-0.25, -0.2) is 4.68 Å². The number of allylic oxidation sites excluding steroid dienone is 1. The monoisotopic (exact) mass is 513 g/mol. The van der Waals surface area contributed by atoms with Crippen LogP contribution in [0, 0.1) is 0 Å². The summed E-state index contributed by atoms with van der Waals surface area (Å²) in [6, 6.07) is 18.6. The van der Waals surface area contributed by atoms with Crippen LogP contribution in [0.1, 0.15) is 18.5 Å². The molecule has 1 unspecified atom stereocenters. The number of aromatic nitrogens is 3. The van der Waals surface area contributed by atoms with Gasteiger partial charge in [-0.15, -0.1) is 5.10 Å². The number of carbonyl (C=O) groups excluding carboxylic acids is 1. The summed E-state index contributed by atoms with van der Waals surface area (Å²) in [6.07, 6.45) is 0. The van der Waals surface area contributed by atoms with Crippen LogP contribution in [-0.2, 0) is 4.79 Å². The minimum Gasteiger partial charge on any atom is -0.508 e. The zero-order valence-electron chi connectivity index (χ0n) is 21.4. The topological polar surface area (TPSA) is 120 Å². The molecule has 0 radical (unpaired) electrons. The number of fused-ring (bicyclic) bond motifs is 1. The van der Waals surface area contributed by atoms with E-state index in [1.165, 1.54) is 0 Å². The number of nitrogens with one attached hydrogen (secondary N) is 2. The predicted molar refractivity (Wildman–Crippen MR) is 143 cm³/mol. The van der Waals surface area contributed by atoms with Gasteiger partial charge in [0, 0.05) is 28.6 Å². The first kappa shape index (κ1) is 24.7. The van der Waals surface area contributed by atoms with Crippen LogP contribution in [0.25, 0.3) is 11.4 Å². The zero-order valence-corrected chi connectivity index (χ0v) is 21.4. The summed E-state index contributed by atoms with van der Waals surface area (Å²) in [6.45, 7) is 1.81. The lowest BCUT2D eigenvalue weighted by Gasteiger charge is -2.30. The molecule has 1 aromatic heterocycles. The number of phenolic OH excluding ortho intramolecular Hbond substituents is 1. The van der Waals surface area contributed by atoms with Gasteiger partial charge in [0.05, 0.1) is 26.9 Å². The number of anilines is 2. The average molecular weight is 514 g/mol. The largest absolute Gasteiger partial charge is 0.508 e. The SMILES string of the molecule is COc1cc(OC)c(C2C(C(=O)Nc3ccccc3)=C(C)Nc3nc(-c4cccc(O)c4)nn32)cc1OC. The molecule has 2 heterocycles. The number of methoxy groups -OCH3 is 3. The van der Waals surface area contributed by atoms with Crippen molar-refractivity contribution in [2.45, 2.75) is 13.0 Å². The van der Waals surface area contributed by atoms with E-state index in [9.17, 15) is 9.90 Å². The van der Waals surface area contributed by atoms with Crippen molar-refractivity contribution >= 4 is 17.5 Å². The molecule has 38 heavy (non-hydrogen) atoms. The summed E-state index contributed by atoms with van der Waals surface area (Å²) in [5.41, 5.74) is 2.92. The van der Waals surface area contributed by atoms with Crippen LogP contribution < -0.4 is 24.8 Å². The molecule has 0 saturated carbocycles. The molecule has 0 aliphatic carbocycles. The quantitative estimate of drug-likeness (QED) is 0.328. The Bertz CT molecular complexity index is 1530. The number of para-hydroxylation sites is 1. The first-order chi connectivity index (χ1) is 18.4. The smallest absolute Gasteiger partial charge is 0.255 e. The second-order valence-corrected chi connectivity index (χ2v) is 8.59. The number of hydrogen-bond donors (Lipinski definition) is 3. The van der Waals surface area contributed by atoms with E-state index in [1.54, 1.807) is 62.4 Å². The van der Waals surface area contributed by atoms with Crippen molar-refractivity contribution in [3.8, 4) is 34.4 Å². The van der Waals surface area contributed by atoms with Crippen LogP contribution in [0.3, 0.4) is 0 Å². The van der Waals surface area contributed by atoms with Gasteiger partial charge in [-0.05, 0) is 37.3 Å². The zero-order chi connectivity index (χ0) is 26.8. The molecular weight excluding hydrogens is 486 g/mol. The van der Waals surface area contributed by atoms with E-state index in [1.807, 2.05) is 37.3 Å². The Kier molecular flexibility index (Phi) is 6.61. The Labute approximate surface area is 219 Å². The maximum absolute atomic E-state index is 13.8. The average Bonchev–Trinajstić information content (AvgIpc) is 3.35. The van der Waals surface area contributed by atoms with Crippen LogP contribution in [0.5, 0.6) is 23.0 Å². The lowest BCUT2D eigenvalue weighted by Crippen LogP contribution is -2.31. The highest BCUT2D eigenvalue weighted by Gasteiger charge is 2.37. The Morgan fingerprint density at radius 3 is 2.34 bits per heavy atom. The summed E-state index contributed by atoms with van der Waals surface area (Å²) in [7, 11) is 4.63. The van der Waals surface area contributed by atoms with Crippen molar-refractivity contribution < 1.29 is 24.1 Å². The van der Waals surface area contributed by atoms with Gasteiger partial charge in [0.25, 0.3) is 5.91 Å². The Hall–Kier alpha value is -4.99. The molecule has 0 fully saturated rings. The van der Waals surface area contributed by atoms with E-state index < -0.39 is 6.04 Å². The molecule has 10 heteroatoms. The third-order valence-electron chi connectivity index (χ3n) is 6.26. The van der Waals surface area contributed by atoms with Crippen LogP contribution in [0.4, 0.5) is 11.6 Å². The Balaban J connectivity index is 1.70. The minimum absolute atomic E-state index is 0.0959. The minimum atomic E-state index is -0.733. The molecule has 3 aromatic carbocycles. The van der Waals surface area contributed by atoms with E-state index in [2.05, 4.69) is 15.6 Å². The second kappa shape index (κ2) is 10.2. The van der Waals surface area contributed by atoms with Crippen molar-refractivity contribution in [3.05, 3.63) is 83.6 Å². The molecule has 0 bridgehead atoms. The lowest BCUT2D eigenvalue weighted by molar-refractivity contribution is -0.113. The Morgan fingerprint density at radius 2 is 1.66 bits per heavy atom. The summed E-state index contributed by atoms with van der Waals surface area (Å²) < 4.78 is 18.4. The second-order valence-electron chi connectivity index (χ2n) is 8.59. The van der Waals surface area contributed by atoms with Gasteiger partial charge in [-0.3, -0.25) is 4.79 Å². The number of amides is 1. The molecule has 1 atom stereocenters. The highest BCUT2D eigenvalue weighted by atomic mass is 16.5. The third kappa shape index (κ3) is 4.47. The fraction of sp³-hybridized carbons (Fsp3) is 0.179. The van der Waals surface area contributed by atoms with Crippen LogP contribution >= 0.6 is 0 Å². The number of aromatic hydroxyl groups is 1. The van der Waals surface area contributed by atoms with Gasteiger partial charge < -0.3 is 30.0 Å². The van der Waals surface area contributed by atoms with Gasteiger partial charge in [0.1, 0.15) is 17.5 Å². The number of carbonyl (C=O) groups is 1. The number of rotatable bonds is 7. The van der Waals surface area contributed by atoms with Crippen molar-refractivity contribution in [2.24, 2.45) is 0 Å². The van der Waals surface area contributed by atoms with Crippen LogP contribution in [-0.4, -0.2) is 47.1 Å². The van der Waals surface area contributed by atoms with Crippen molar-refractivity contribution in [3.63, 3.8) is 0 Å². The van der Waals surface area contributed by atoms with Crippen molar-refractivity contribution in [2.75, 3.05) is 32.0 Å². The van der Waals surface area contributed by atoms with E-state index in [4.69, 9.17) is 19.3 Å². The van der Waals surface area contributed by atoms with Gasteiger partial charge in [-0.1, -0.05) is 30.3 Å². The molecule has 4 aromatic rings. The fourth-order valence-electron chi connectivity index (χ4n) is 4.49. The third-order valence-corrected chi connectivity index (χ3v) is 6.26. The van der Waals surface area contributed by atoms with Gasteiger partial charge in [-0.2, -0.15) is 4.98 Å². The molecule has 194 valence electrons. The van der Waals surface area contributed by atoms with E-state index in [0.717, 1.165) is 0 Å². The normalized spacial score (nSPS) is 14.4. The maximum atomic E-state index is 13.8. The first-order valence-corrected chi connectivity index (χ1v) is 11.8. The summed E-state index contributed by atoms with van der Waals surface area (Å²) in [5.74, 6) is 2.02. The molecule has 1 aliphatic rings. The van der Waals surface area contributed by atoms with Gasteiger partial charge in [0.2, 0.25) is 5.95 Å². The maximum Gasteiger partial charge on any atom is 0.255 e. The highest BCUT2D eigenvalue weighted by molar-refractivity contribution is 6.06. The number of benzene rings is 3. The lowest BCUT2D eigenvalue weighted by atomic mass is 9.93. The molecule has 1 amide bonds. The van der Waals surface area contributed by atoms with Crippen LogP contribution in [0.15, 0.2) is 78.0 Å². The summed E-state index contributed by atoms with van der Waals surface area (Å²) in [5, 5.41) is 21.0. The number of phenols is 1. The van der Waals surface area contributed by atoms with Crippen LogP contribution in [0.2, 0.25) is 0 Å². The van der Waals surface area contributed by atoms with Crippen molar-refractivity contribution in [1.29, 1.82) is 0 Å². The first-order valence-electron chi connectivity index (χ1n) is 11.8. The number of ether oxygens (including phenoxy) is 3. The molecule has 10 nitrogen and oxygen atoms in total. The molecule has 0 saturated heterocycles. The summed E-state index contributed by atoms with van der Waals surface area (Å²) >= 11 is 0. The predicted octanol–water partition coefficient (Wildman–Crippen LogP) is 4.60. The van der Waals surface area contributed by atoms with Gasteiger partial charge in [0.15, 0.2) is 17.3 Å². The molecular formula is C28H27N5O5. The standard InChI is InChI=1S/C28H27N5O5/c1-16-24(27(35)30-18-10-6-5-7-11-18)25(20-14-22(37-3)23(38-4)15-21(20)36-2)33-28(29-16)31-26(32-33)17-9-8-12-19(34)13-17/h5-15,25,34H,1-4H3,(H,30,35)(H,29,31,32). The summed E-state index contributed by atoms with van der Waals surface area (Å²) in [4.78, 5) is 18.4. The van der Waals surface area contributed by atoms with Crippen molar-refractivity contribution in [1.82, 2.24) is 14.8 Å². The fourth-order valence-corrected chi connectivity index (χ4v) is 4.49. The number of nitrogens with zero attached hydrogens (tertiary/aromatic N) is 3. The molecule has 0 spiro atoms. The highest BCUT2D eigenvalue weighted by Crippen LogP contribution is 2.44. The number of hydrogen-bond acceptors (Lipinski definition) is 8.